The third kappa shape index (κ3) is 2.41. The second-order valence-electron chi connectivity index (χ2n) is 3.96. The lowest BCUT2D eigenvalue weighted by molar-refractivity contribution is -0.130. The van der Waals surface area contributed by atoms with E-state index in [-0.39, 0.29) is 12.0 Å². The van der Waals surface area contributed by atoms with Gasteiger partial charge in [0.15, 0.2) is 5.89 Å². The molecule has 16 heavy (non-hydrogen) atoms. The minimum absolute atomic E-state index is 0.0639. The largest absolute Gasteiger partial charge is 0.444 e. The van der Waals surface area contributed by atoms with E-state index >= 15 is 0 Å². The summed E-state index contributed by atoms with van der Waals surface area (Å²) in [6.45, 7) is 4.71. The summed E-state index contributed by atoms with van der Waals surface area (Å²) in [7, 11) is 0. The summed E-state index contributed by atoms with van der Waals surface area (Å²) in [5, 5.41) is 2.80. The lowest BCUT2D eigenvalue weighted by Crippen LogP contribution is -2.33. The van der Waals surface area contributed by atoms with E-state index in [1.807, 2.05) is 6.92 Å². The Bertz CT molecular complexity index is 381. The Labute approximate surface area is 94.2 Å². The Morgan fingerprint density at radius 3 is 2.94 bits per heavy atom. The van der Waals surface area contributed by atoms with Crippen LogP contribution in [0.3, 0.4) is 0 Å². The topological polar surface area (TPSA) is 64.4 Å². The first-order valence-electron chi connectivity index (χ1n) is 5.49. The minimum atomic E-state index is -0.288. The van der Waals surface area contributed by atoms with Gasteiger partial charge in [-0.1, -0.05) is 0 Å². The average molecular weight is 224 g/mol. The highest BCUT2D eigenvalue weighted by Gasteiger charge is 2.23. The van der Waals surface area contributed by atoms with E-state index in [1.54, 1.807) is 6.92 Å². The van der Waals surface area contributed by atoms with Gasteiger partial charge in [0, 0.05) is 13.5 Å². The Kier molecular flexibility index (Phi) is 3.24. The molecule has 0 bridgehead atoms. The fraction of sp³-hybridized carbons (Fsp3) is 0.636. The third-order valence-corrected chi connectivity index (χ3v) is 2.64. The van der Waals surface area contributed by atoms with Crippen LogP contribution in [0.5, 0.6) is 0 Å². The molecule has 1 aromatic rings. The number of rotatable bonds is 3. The van der Waals surface area contributed by atoms with E-state index in [9.17, 15) is 4.79 Å². The maximum absolute atomic E-state index is 11.6. The van der Waals surface area contributed by atoms with Crippen molar-refractivity contribution < 1.29 is 13.9 Å². The van der Waals surface area contributed by atoms with Gasteiger partial charge in [-0.2, -0.15) is 0 Å². The highest BCUT2D eigenvalue weighted by atomic mass is 16.5. The maximum atomic E-state index is 11.6. The maximum Gasteiger partial charge on any atom is 0.249 e. The number of nitrogens with zero attached hydrogens (tertiary/aromatic N) is 1. The molecule has 1 amide bonds. The van der Waals surface area contributed by atoms with Crippen molar-refractivity contribution in [3.05, 3.63) is 17.3 Å². The highest BCUT2D eigenvalue weighted by Crippen LogP contribution is 2.13. The fourth-order valence-corrected chi connectivity index (χ4v) is 1.80. The summed E-state index contributed by atoms with van der Waals surface area (Å²) < 4.78 is 10.6. The minimum Gasteiger partial charge on any atom is -0.444 e. The first-order chi connectivity index (χ1) is 7.66. The van der Waals surface area contributed by atoms with Gasteiger partial charge in [-0.15, -0.1) is 0 Å². The SMILES string of the molecule is Cc1nc(C)c(CNC(=O)C2CCCO2)o1. The first kappa shape index (κ1) is 11.1. The molecule has 0 radical (unpaired) electrons. The molecule has 5 heteroatoms. The number of amides is 1. The summed E-state index contributed by atoms with van der Waals surface area (Å²) in [5.74, 6) is 1.27. The monoisotopic (exact) mass is 224 g/mol. The molecule has 1 fully saturated rings. The molecule has 5 nitrogen and oxygen atoms in total. The number of aromatic nitrogens is 1. The van der Waals surface area contributed by atoms with Gasteiger partial charge in [0.05, 0.1) is 12.2 Å². The zero-order chi connectivity index (χ0) is 11.5. The summed E-state index contributed by atoms with van der Waals surface area (Å²) in [5.41, 5.74) is 0.824. The second kappa shape index (κ2) is 4.65. The van der Waals surface area contributed by atoms with Crippen LogP contribution in [0.1, 0.15) is 30.2 Å². The van der Waals surface area contributed by atoms with Crippen molar-refractivity contribution in [1.82, 2.24) is 10.3 Å². The van der Waals surface area contributed by atoms with E-state index in [0.717, 1.165) is 18.5 Å². The predicted molar refractivity (Wildman–Crippen MR) is 56.8 cm³/mol. The summed E-state index contributed by atoms with van der Waals surface area (Å²) in [4.78, 5) is 15.8. The molecule has 1 aromatic heterocycles. The predicted octanol–water partition coefficient (Wildman–Crippen LogP) is 1.09. The number of carbonyl (C=O) groups is 1. The van der Waals surface area contributed by atoms with E-state index in [1.165, 1.54) is 0 Å². The van der Waals surface area contributed by atoms with Crippen LogP contribution in [-0.4, -0.2) is 23.6 Å². The number of aryl methyl sites for hydroxylation is 2. The molecular formula is C11H16N2O3. The normalized spacial score (nSPS) is 20.0. The Morgan fingerprint density at radius 2 is 2.38 bits per heavy atom. The number of ether oxygens (including phenoxy) is 1. The lowest BCUT2D eigenvalue weighted by Gasteiger charge is -2.09. The van der Waals surface area contributed by atoms with Crippen molar-refractivity contribution in [2.45, 2.75) is 39.3 Å². The van der Waals surface area contributed by atoms with Gasteiger partial charge in [0.25, 0.3) is 0 Å². The molecule has 2 heterocycles. The number of carbonyl (C=O) groups excluding carboxylic acids is 1. The zero-order valence-electron chi connectivity index (χ0n) is 9.58. The molecule has 1 aliphatic rings. The Morgan fingerprint density at radius 1 is 1.56 bits per heavy atom. The quantitative estimate of drug-likeness (QED) is 0.834. The smallest absolute Gasteiger partial charge is 0.249 e. The van der Waals surface area contributed by atoms with Gasteiger partial charge < -0.3 is 14.5 Å². The van der Waals surface area contributed by atoms with Crippen LogP contribution in [0.4, 0.5) is 0 Å². The number of hydrogen-bond donors (Lipinski definition) is 1. The van der Waals surface area contributed by atoms with E-state index < -0.39 is 0 Å². The van der Waals surface area contributed by atoms with Gasteiger partial charge >= 0.3 is 0 Å². The fourth-order valence-electron chi connectivity index (χ4n) is 1.80. The molecule has 2 rings (SSSR count). The lowest BCUT2D eigenvalue weighted by atomic mass is 10.2. The molecule has 1 N–H and O–H groups in total. The van der Waals surface area contributed by atoms with E-state index in [4.69, 9.17) is 9.15 Å². The summed E-state index contributed by atoms with van der Waals surface area (Å²) in [6, 6.07) is 0. The van der Waals surface area contributed by atoms with Gasteiger partial charge in [0.1, 0.15) is 11.9 Å². The molecule has 0 saturated carbocycles. The van der Waals surface area contributed by atoms with Crippen LogP contribution < -0.4 is 5.32 Å². The molecule has 1 unspecified atom stereocenters. The standard InChI is InChI=1S/C11H16N2O3/c1-7-10(16-8(2)13-7)6-12-11(14)9-4-3-5-15-9/h9H,3-6H2,1-2H3,(H,12,14). The summed E-state index contributed by atoms with van der Waals surface area (Å²) >= 11 is 0. The molecule has 0 aliphatic carbocycles. The molecule has 0 spiro atoms. The van der Waals surface area contributed by atoms with Crippen LogP contribution in [0.2, 0.25) is 0 Å². The second-order valence-corrected chi connectivity index (χ2v) is 3.96. The number of hydrogen-bond acceptors (Lipinski definition) is 4. The van der Waals surface area contributed by atoms with Crippen LogP contribution in [-0.2, 0) is 16.1 Å². The van der Waals surface area contributed by atoms with Gasteiger partial charge in [-0.25, -0.2) is 4.98 Å². The van der Waals surface area contributed by atoms with Gasteiger partial charge in [-0.3, -0.25) is 4.79 Å². The average Bonchev–Trinajstić information content (AvgIpc) is 2.84. The van der Waals surface area contributed by atoms with Crippen LogP contribution >= 0.6 is 0 Å². The van der Waals surface area contributed by atoms with Crippen molar-refractivity contribution in [2.75, 3.05) is 6.61 Å². The zero-order valence-corrected chi connectivity index (χ0v) is 9.58. The molecule has 0 aromatic carbocycles. The molecule has 1 aliphatic heterocycles. The van der Waals surface area contributed by atoms with E-state index in [2.05, 4.69) is 10.3 Å². The highest BCUT2D eigenvalue weighted by molar-refractivity contribution is 5.80. The van der Waals surface area contributed by atoms with Gasteiger partial charge in [-0.05, 0) is 19.8 Å². The van der Waals surface area contributed by atoms with Crippen molar-refractivity contribution in [2.24, 2.45) is 0 Å². The summed E-state index contributed by atoms with van der Waals surface area (Å²) in [6.07, 6.45) is 1.48. The van der Waals surface area contributed by atoms with Crippen molar-refractivity contribution >= 4 is 5.91 Å². The third-order valence-electron chi connectivity index (χ3n) is 2.64. The molecule has 88 valence electrons. The Hall–Kier alpha value is -1.36. The van der Waals surface area contributed by atoms with Crippen molar-refractivity contribution in [1.29, 1.82) is 0 Å². The van der Waals surface area contributed by atoms with Gasteiger partial charge in [0.2, 0.25) is 5.91 Å². The number of oxazole rings is 1. The van der Waals surface area contributed by atoms with Crippen LogP contribution in [0, 0.1) is 13.8 Å². The van der Waals surface area contributed by atoms with E-state index in [0.29, 0.717) is 24.8 Å². The van der Waals surface area contributed by atoms with Crippen LogP contribution in [0.25, 0.3) is 0 Å². The number of nitrogens with one attached hydrogen (secondary N) is 1. The molecular weight excluding hydrogens is 208 g/mol. The Balaban J connectivity index is 1.87. The molecule has 1 atom stereocenters. The van der Waals surface area contributed by atoms with Crippen molar-refractivity contribution in [3.63, 3.8) is 0 Å². The van der Waals surface area contributed by atoms with Crippen LogP contribution in [0.15, 0.2) is 4.42 Å². The first-order valence-corrected chi connectivity index (χ1v) is 5.49. The van der Waals surface area contributed by atoms with Crippen molar-refractivity contribution in [3.8, 4) is 0 Å². The molecule has 1 saturated heterocycles.